The second kappa shape index (κ2) is 5.28. The fraction of sp³-hybridized carbons (Fsp3) is 0.222. The molecule has 0 aliphatic carbocycles. The molecule has 94 valence electrons. The fourth-order valence-electron chi connectivity index (χ4n) is 0.960. The van der Waals surface area contributed by atoms with Crippen molar-refractivity contribution in [3.63, 3.8) is 0 Å². The van der Waals surface area contributed by atoms with Crippen LogP contribution in [-0.2, 0) is 4.79 Å². The lowest BCUT2D eigenvalue weighted by Crippen LogP contribution is -2.47. The first kappa shape index (κ1) is 13.7. The molecular formula is C9H9BrF2N2O3. The lowest BCUT2D eigenvalue weighted by Gasteiger charge is -2.17. The van der Waals surface area contributed by atoms with Gasteiger partial charge in [0.2, 0.25) is 0 Å². The van der Waals surface area contributed by atoms with Gasteiger partial charge in [-0.25, -0.2) is 5.84 Å². The van der Waals surface area contributed by atoms with Crippen LogP contribution in [0.4, 0.5) is 8.78 Å². The number of methoxy groups -OCH3 is 1. The van der Waals surface area contributed by atoms with Crippen molar-refractivity contribution in [2.45, 2.75) is 6.11 Å². The molecule has 1 aromatic carbocycles. The fourth-order valence-corrected chi connectivity index (χ4v) is 1.40. The van der Waals surface area contributed by atoms with Crippen LogP contribution >= 0.6 is 15.9 Å². The van der Waals surface area contributed by atoms with E-state index in [1.54, 1.807) is 0 Å². The molecule has 5 nitrogen and oxygen atoms in total. The second-order valence-corrected chi connectivity index (χ2v) is 3.74. The Hall–Kier alpha value is -1.41. The van der Waals surface area contributed by atoms with Crippen LogP contribution in [0.2, 0.25) is 0 Å². The number of halogens is 3. The Morgan fingerprint density at radius 1 is 1.53 bits per heavy atom. The summed E-state index contributed by atoms with van der Waals surface area (Å²) in [7, 11) is 1.43. The number of carbonyl (C=O) groups excluding carboxylic acids is 1. The molecule has 0 saturated heterocycles. The van der Waals surface area contributed by atoms with E-state index < -0.39 is 12.0 Å². The Morgan fingerprint density at radius 2 is 2.18 bits per heavy atom. The molecule has 1 rings (SSSR count). The molecule has 17 heavy (non-hydrogen) atoms. The average molecular weight is 311 g/mol. The van der Waals surface area contributed by atoms with Crippen molar-refractivity contribution in [3.05, 3.63) is 22.7 Å². The standard InChI is InChI=1S/C9H9BrF2N2O3/c1-16-5-2-3-7(6(10)4-5)17-9(11,12)8(15)14-13/h2-4H,13H2,1H3,(H,14,15). The van der Waals surface area contributed by atoms with Gasteiger partial charge in [0.1, 0.15) is 11.5 Å². The molecule has 1 amide bonds. The zero-order valence-electron chi connectivity index (χ0n) is 8.67. The monoisotopic (exact) mass is 310 g/mol. The quantitative estimate of drug-likeness (QED) is 0.501. The lowest BCUT2D eigenvalue weighted by atomic mass is 10.3. The minimum absolute atomic E-state index is 0.209. The largest absolute Gasteiger partial charge is 0.497 e. The molecule has 1 aromatic rings. The van der Waals surface area contributed by atoms with Gasteiger partial charge in [0, 0.05) is 0 Å². The van der Waals surface area contributed by atoms with E-state index in [0.29, 0.717) is 5.75 Å². The third-order valence-electron chi connectivity index (χ3n) is 1.77. The molecule has 0 heterocycles. The summed E-state index contributed by atoms with van der Waals surface area (Å²) in [6.07, 6.45) is -4.05. The van der Waals surface area contributed by atoms with Crippen LogP contribution in [-0.4, -0.2) is 19.1 Å². The molecule has 0 bridgehead atoms. The Labute approximate surface area is 104 Å². The smallest absolute Gasteiger partial charge is 0.483 e. The molecule has 8 heteroatoms. The summed E-state index contributed by atoms with van der Waals surface area (Å²) in [6, 6.07) is 4.07. The van der Waals surface area contributed by atoms with Crippen LogP contribution in [0.25, 0.3) is 0 Å². The highest BCUT2D eigenvalue weighted by molar-refractivity contribution is 9.10. The van der Waals surface area contributed by atoms with Gasteiger partial charge in [0.05, 0.1) is 11.6 Å². The van der Waals surface area contributed by atoms with Gasteiger partial charge in [-0.1, -0.05) is 0 Å². The number of hydrogen-bond donors (Lipinski definition) is 2. The number of nitrogens with one attached hydrogen (secondary N) is 1. The maximum Gasteiger partial charge on any atom is 0.483 e. The molecule has 0 unspecified atom stereocenters. The van der Waals surface area contributed by atoms with Gasteiger partial charge in [0.15, 0.2) is 0 Å². The highest BCUT2D eigenvalue weighted by Gasteiger charge is 2.42. The van der Waals surface area contributed by atoms with Crippen molar-refractivity contribution in [3.8, 4) is 11.5 Å². The van der Waals surface area contributed by atoms with Crippen molar-refractivity contribution >= 4 is 21.8 Å². The van der Waals surface area contributed by atoms with Crippen molar-refractivity contribution < 1.29 is 23.0 Å². The third-order valence-corrected chi connectivity index (χ3v) is 2.39. The van der Waals surface area contributed by atoms with E-state index in [2.05, 4.69) is 26.5 Å². The van der Waals surface area contributed by atoms with E-state index in [4.69, 9.17) is 4.74 Å². The van der Waals surface area contributed by atoms with Gasteiger partial charge >= 0.3 is 12.0 Å². The van der Waals surface area contributed by atoms with Crippen LogP contribution in [0.5, 0.6) is 11.5 Å². The van der Waals surface area contributed by atoms with Crippen LogP contribution in [0.15, 0.2) is 22.7 Å². The molecule has 3 N–H and O–H groups in total. The van der Waals surface area contributed by atoms with Crippen LogP contribution < -0.4 is 20.7 Å². The van der Waals surface area contributed by atoms with Crippen LogP contribution in [0.1, 0.15) is 0 Å². The van der Waals surface area contributed by atoms with Crippen molar-refractivity contribution in [1.82, 2.24) is 5.43 Å². The average Bonchev–Trinajstić information content (AvgIpc) is 2.30. The summed E-state index contributed by atoms with van der Waals surface area (Å²) < 4.78 is 35.6. The predicted octanol–water partition coefficient (Wildman–Crippen LogP) is 1.42. The Balaban J connectivity index is 2.92. The van der Waals surface area contributed by atoms with E-state index in [9.17, 15) is 13.6 Å². The van der Waals surface area contributed by atoms with E-state index in [-0.39, 0.29) is 10.2 Å². The summed E-state index contributed by atoms with van der Waals surface area (Å²) in [5.41, 5.74) is 1.31. The SMILES string of the molecule is COc1ccc(OC(F)(F)C(=O)NN)c(Br)c1. The summed E-state index contributed by atoms with van der Waals surface area (Å²) in [5.74, 6) is 3.11. The van der Waals surface area contributed by atoms with Crippen molar-refractivity contribution in [2.75, 3.05) is 7.11 Å². The Morgan fingerprint density at radius 3 is 2.65 bits per heavy atom. The Kier molecular flexibility index (Phi) is 4.24. The molecule has 0 radical (unpaired) electrons. The number of amides is 1. The van der Waals surface area contributed by atoms with Gasteiger partial charge in [0.25, 0.3) is 0 Å². The normalized spacial score (nSPS) is 10.9. The maximum atomic E-state index is 13.1. The predicted molar refractivity (Wildman–Crippen MR) is 58.6 cm³/mol. The van der Waals surface area contributed by atoms with Crippen LogP contribution in [0.3, 0.4) is 0 Å². The summed E-state index contributed by atoms with van der Waals surface area (Å²) in [6.45, 7) is 0. The zero-order valence-corrected chi connectivity index (χ0v) is 10.3. The minimum Gasteiger partial charge on any atom is -0.497 e. The maximum absolute atomic E-state index is 13.1. The first-order chi connectivity index (χ1) is 7.90. The van der Waals surface area contributed by atoms with Crippen molar-refractivity contribution in [1.29, 1.82) is 0 Å². The number of ether oxygens (including phenoxy) is 2. The van der Waals surface area contributed by atoms with Gasteiger partial charge in [-0.3, -0.25) is 10.2 Å². The first-order valence-electron chi connectivity index (χ1n) is 4.32. The van der Waals surface area contributed by atoms with Gasteiger partial charge in [-0.15, -0.1) is 0 Å². The number of rotatable bonds is 4. The molecule has 0 saturated carbocycles. The molecule has 0 aliphatic rings. The summed E-state index contributed by atoms with van der Waals surface area (Å²) in [5, 5.41) is 0. The Bertz CT molecular complexity index is 429. The molecule has 0 fully saturated rings. The second-order valence-electron chi connectivity index (χ2n) is 2.89. The van der Waals surface area contributed by atoms with Crippen molar-refractivity contribution in [2.24, 2.45) is 5.84 Å². The number of hydrogen-bond acceptors (Lipinski definition) is 4. The van der Waals surface area contributed by atoms with Gasteiger partial charge in [-0.05, 0) is 34.1 Å². The third kappa shape index (κ3) is 3.27. The van der Waals surface area contributed by atoms with Crippen LogP contribution in [0, 0.1) is 0 Å². The number of nitrogens with two attached hydrogens (primary N) is 1. The molecular weight excluding hydrogens is 302 g/mol. The molecule has 0 aromatic heterocycles. The number of carbonyl (C=O) groups is 1. The molecule has 0 atom stereocenters. The van der Waals surface area contributed by atoms with Gasteiger partial charge in [-0.2, -0.15) is 8.78 Å². The molecule has 0 aliphatic heterocycles. The number of hydrazine groups is 1. The number of benzene rings is 1. The lowest BCUT2D eigenvalue weighted by molar-refractivity contribution is -0.193. The van der Waals surface area contributed by atoms with E-state index in [0.717, 1.165) is 0 Å². The topological polar surface area (TPSA) is 73.6 Å². The summed E-state index contributed by atoms with van der Waals surface area (Å²) in [4.78, 5) is 10.7. The minimum atomic E-state index is -4.05. The van der Waals surface area contributed by atoms with E-state index >= 15 is 0 Å². The van der Waals surface area contributed by atoms with E-state index in [1.807, 2.05) is 0 Å². The van der Waals surface area contributed by atoms with E-state index in [1.165, 1.54) is 30.7 Å². The summed E-state index contributed by atoms with van der Waals surface area (Å²) >= 11 is 3.01. The zero-order chi connectivity index (χ0) is 13.1. The highest BCUT2D eigenvalue weighted by Crippen LogP contribution is 2.32. The van der Waals surface area contributed by atoms with Gasteiger partial charge < -0.3 is 9.47 Å². The molecule has 0 spiro atoms. The first-order valence-corrected chi connectivity index (χ1v) is 5.11. The number of alkyl halides is 2. The highest BCUT2D eigenvalue weighted by atomic mass is 79.9.